The minimum absolute atomic E-state index is 0.740. The smallest absolute Gasteiger partial charge is 0.128 e. The lowest BCUT2D eigenvalue weighted by Crippen LogP contribution is -2.48. The molecule has 3 nitrogen and oxygen atoms in total. The molecule has 2 saturated heterocycles. The maximum atomic E-state index is 4.70. The van der Waals surface area contributed by atoms with E-state index in [4.69, 9.17) is 4.98 Å². The zero-order valence-corrected chi connectivity index (χ0v) is 12.7. The topological polar surface area (TPSA) is 19.4 Å². The molecule has 20 heavy (non-hydrogen) atoms. The molecular weight excluding hydrogens is 246 g/mol. The molecule has 0 radical (unpaired) electrons. The molecule has 2 aliphatic heterocycles. The lowest BCUT2D eigenvalue weighted by molar-refractivity contribution is 0.182. The third kappa shape index (κ3) is 3.32. The van der Waals surface area contributed by atoms with Crippen molar-refractivity contribution in [2.45, 2.75) is 51.5 Å². The van der Waals surface area contributed by atoms with Gasteiger partial charge in [-0.2, -0.15) is 0 Å². The van der Waals surface area contributed by atoms with Gasteiger partial charge in [0.2, 0.25) is 0 Å². The van der Waals surface area contributed by atoms with E-state index in [1.54, 1.807) is 0 Å². The molecule has 1 aromatic heterocycles. The van der Waals surface area contributed by atoms with Crippen LogP contribution < -0.4 is 4.90 Å². The van der Waals surface area contributed by atoms with E-state index in [2.05, 4.69) is 34.9 Å². The predicted molar refractivity (Wildman–Crippen MR) is 84.3 cm³/mol. The molecule has 3 rings (SSSR count). The van der Waals surface area contributed by atoms with Crippen molar-refractivity contribution >= 4 is 5.82 Å². The van der Waals surface area contributed by atoms with E-state index in [0.717, 1.165) is 18.3 Å². The highest BCUT2D eigenvalue weighted by Crippen LogP contribution is 2.23. The maximum absolute atomic E-state index is 4.70. The molecular formula is C17H27N3. The Kier molecular flexibility index (Phi) is 4.56. The summed E-state index contributed by atoms with van der Waals surface area (Å²) in [6.45, 7) is 7.02. The first kappa shape index (κ1) is 13.9. The average molecular weight is 273 g/mol. The number of aromatic nitrogens is 1. The highest BCUT2D eigenvalue weighted by Gasteiger charge is 2.26. The van der Waals surface area contributed by atoms with Crippen LogP contribution in [0.25, 0.3) is 0 Å². The molecule has 0 spiro atoms. The van der Waals surface area contributed by atoms with Crippen LogP contribution >= 0.6 is 0 Å². The second-order valence-corrected chi connectivity index (χ2v) is 6.33. The summed E-state index contributed by atoms with van der Waals surface area (Å²) in [7, 11) is 0. The molecule has 0 amide bonds. The van der Waals surface area contributed by atoms with Gasteiger partial charge in [-0.3, -0.25) is 4.90 Å². The van der Waals surface area contributed by atoms with E-state index in [1.165, 1.54) is 64.0 Å². The zero-order chi connectivity index (χ0) is 13.8. The Balaban J connectivity index is 1.66. The van der Waals surface area contributed by atoms with E-state index >= 15 is 0 Å². The second-order valence-electron chi connectivity index (χ2n) is 6.33. The fourth-order valence-electron chi connectivity index (χ4n) is 3.63. The molecule has 2 aliphatic rings. The quantitative estimate of drug-likeness (QED) is 0.824. The van der Waals surface area contributed by atoms with Crippen LogP contribution in [0.4, 0.5) is 5.82 Å². The number of anilines is 1. The summed E-state index contributed by atoms with van der Waals surface area (Å²) in [4.78, 5) is 9.94. The Bertz CT molecular complexity index is 424. The molecule has 0 N–H and O–H groups in total. The van der Waals surface area contributed by atoms with Crippen molar-refractivity contribution in [1.29, 1.82) is 0 Å². The number of aryl methyl sites for hydroxylation is 1. The Labute approximate surface area is 123 Å². The van der Waals surface area contributed by atoms with Gasteiger partial charge in [-0.1, -0.05) is 18.9 Å². The first-order valence-corrected chi connectivity index (χ1v) is 8.25. The number of pyridine rings is 1. The minimum atomic E-state index is 0.740. The van der Waals surface area contributed by atoms with Gasteiger partial charge in [0.25, 0.3) is 0 Å². The molecule has 3 heterocycles. The number of piperidine rings is 1. The van der Waals surface area contributed by atoms with Gasteiger partial charge in [-0.15, -0.1) is 0 Å². The third-order valence-electron chi connectivity index (χ3n) is 4.75. The number of hydrogen-bond donors (Lipinski definition) is 0. The van der Waals surface area contributed by atoms with Crippen LogP contribution in [0, 0.1) is 6.92 Å². The summed E-state index contributed by atoms with van der Waals surface area (Å²) >= 11 is 0. The highest BCUT2D eigenvalue weighted by atomic mass is 15.3. The SMILES string of the molecule is Cc1cccc(N2CCCC(N3CCCCCC3)C2)n1. The Morgan fingerprint density at radius 3 is 2.55 bits per heavy atom. The predicted octanol–water partition coefficient (Wildman–Crippen LogP) is 3.23. The van der Waals surface area contributed by atoms with Crippen molar-refractivity contribution in [3.05, 3.63) is 23.9 Å². The van der Waals surface area contributed by atoms with Crippen molar-refractivity contribution in [2.75, 3.05) is 31.1 Å². The summed E-state index contributed by atoms with van der Waals surface area (Å²) < 4.78 is 0. The summed E-state index contributed by atoms with van der Waals surface area (Å²) in [5.74, 6) is 1.17. The van der Waals surface area contributed by atoms with Crippen molar-refractivity contribution in [2.24, 2.45) is 0 Å². The molecule has 0 bridgehead atoms. The van der Waals surface area contributed by atoms with Crippen LogP contribution in [-0.2, 0) is 0 Å². The molecule has 2 fully saturated rings. The highest BCUT2D eigenvalue weighted by molar-refractivity contribution is 5.40. The third-order valence-corrected chi connectivity index (χ3v) is 4.75. The van der Waals surface area contributed by atoms with Gasteiger partial charge < -0.3 is 4.90 Å². The van der Waals surface area contributed by atoms with Crippen LogP contribution in [0.15, 0.2) is 18.2 Å². The van der Waals surface area contributed by atoms with E-state index in [0.29, 0.717) is 0 Å². The van der Waals surface area contributed by atoms with Crippen molar-refractivity contribution in [3.8, 4) is 0 Å². The Morgan fingerprint density at radius 1 is 1.00 bits per heavy atom. The van der Waals surface area contributed by atoms with Crippen molar-refractivity contribution in [1.82, 2.24) is 9.88 Å². The van der Waals surface area contributed by atoms with Crippen LogP contribution in [-0.4, -0.2) is 42.1 Å². The lowest BCUT2D eigenvalue weighted by Gasteiger charge is -2.39. The summed E-state index contributed by atoms with van der Waals surface area (Å²) in [6, 6.07) is 7.12. The Morgan fingerprint density at radius 2 is 1.80 bits per heavy atom. The van der Waals surface area contributed by atoms with Crippen LogP contribution in [0.2, 0.25) is 0 Å². The first-order chi connectivity index (χ1) is 9.83. The number of nitrogens with zero attached hydrogens (tertiary/aromatic N) is 3. The van der Waals surface area contributed by atoms with Crippen molar-refractivity contribution in [3.63, 3.8) is 0 Å². The fourth-order valence-corrected chi connectivity index (χ4v) is 3.63. The van der Waals surface area contributed by atoms with Crippen LogP contribution in [0.1, 0.15) is 44.2 Å². The number of hydrogen-bond acceptors (Lipinski definition) is 3. The minimum Gasteiger partial charge on any atom is -0.355 e. The molecule has 1 unspecified atom stereocenters. The van der Waals surface area contributed by atoms with E-state index in [9.17, 15) is 0 Å². The van der Waals surface area contributed by atoms with Gasteiger partial charge in [-0.05, 0) is 57.8 Å². The lowest BCUT2D eigenvalue weighted by atomic mass is 10.0. The largest absolute Gasteiger partial charge is 0.355 e. The van der Waals surface area contributed by atoms with E-state index in [1.807, 2.05) is 0 Å². The van der Waals surface area contributed by atoms with Crippen LogP contribution in [0.3, 0.4) is 0 Å². The van der Waals surface area contributed by atoms with Gasteiger partial charge >= 0.3 is 0 Å². The fraction of sp³-hybridized carbons (Fsp3) is 0.706. The van der Waals surface area contributed by atoms with Crippen LogP contribution in [0.5, 0.6) is 0 Å². The van der Waals surface area contributed by atoms with Gasteiger partial charge in [0.15, 0.2) is 0 Å². The average Bonchev–Trinajstić information content (AvgIpc) is 2.76. The van der Waals surface area contributed by atoms with Gasteiger partial charge in [0, 0.05) is 24.8 Å². The molecule has 1 aromatic rings. The van der Waals surface area contributed by atoms with Gasteiger partial charge in [0.05, 0.1) is 0 Å². The summed E-state index contributed by atoms with van der Waals surface area (Å²) in [5, 5.41) is 0. The first-order valence-electron chi connectivity index (χ1n) is 8.25. The van der Waals surface area contributed by atoms with Crippen molar-refractivity contribution < 1.29 is 0 Å². The number of rotatable bonds is 2. The number of likely N-dealkylation sites (tertiary alicyclic amines) is 1. The molecule has 3 heteroatoms. The van der Waals surface area contributed by atoms with Gasteiger partial charge in [-0.25, -0.2) is 4.98 Å². The maximum Gasteiger partial charge on any atom is 0.128 e. The normalized spacial score (nSPS) is 25.4. The van der Waals surface area contributed by atoms with E-state index < -0.39 is 0 Å². The molecule has 0 aromatic carbocycles. The molecule has 1 atom stereocenters. The second kappa shape index (κ2) is 6.57. The summed E-state index contributed by atoms with van der Waals surface area (Å²) in [5.41, 5.74) is 1.12. The monoisotopic (exact) mass is 273 g/mol. The molecule has 0 saturated carbocycles. The standard InChI is InChI=1S/C17H27N3/c1-15-8-6-10-17(18-15)20-13-7-9-16(14-20)19-11-4-2-3-5-12-19/h6,8,10,16H,2-5,7,9,11-14H2,1H3. The van der Waals surface area contributed by atoms with Gasteiger partial charge in [0.1, 0.15) is 5.82 Å². The summed E-state index contributed by atoms with van der Waals surface area (Å²) in [6.07, 6.45) is 8.29. The zero-order valence-electron chi connectivity index (χ0n) is 12.7. The Hall–Kier alpha value is -1.09. The molecule has 0 aliphatic carbocycles. The molecule has 110 valence electrons. The van der Waals surface area contributed by atoms with E-state index in [-0.39, 0.29) is 0 Å².